The Bertz CT molecular complexity index is 3240. The summed E-state index contributed by atoms with van der Waals surface area (Å²) in [5.74, 6) is 0.683. The van der Waals surface area contributed by atoms with Crippen LogP contribution in [0, 0.1) is 0 Å². The molecule has 1 aliphatic rings. The molecule has 5 heterocycles. The fourth-order valence-corrected chi connectivity index (χ4v) is 10.7. The van der Waals surface area contributed by atoms with Gasteiger partial charge >= 0.3 is 0 Å². The maximum atomic E-state index is 5.54. The summed E-state index contributed by atoms with van der Waals surface area (Å²) in [6.07, 6.45) is 0. The lowest BCUT2D eigenvalue weighted by Gasteiger charge is -2.20. The molecule has 0 N–H and O–H groups in total. The molecule has 0 bridgehead atoms. The first-order valence-corrected chi connectivity index (χ1v) is 18.4. The van der Waals surface area contributed by atoms with Gasteiger partial charge in [0.05, 0.1) is 33.3 Å². The van der Waals surface area contributed by atoms with Crippen molar-refractivity contribution < 1.29 is 0 Å². The predicted octanol–water partition coefficient (Wildman–Crippen LogP) is 12.3. The van der Waals surface area contributed by atoms with Gasteiger partial charge in [-0.2, -0.15) is 0 Å². The van der Waals surface area contributed by atoms with Crippen molar-refractivity contribution in [3.63, 3.8) is 0 Å². The van der Waals surface area contributed by atoms with Crippen LogP contribution in [-0.4, -0.2) is 19.1 Å². The minimum Gasteiger partial charge on any atom is -0.307 e. The van der Waals surface area contributed by atoms with Crippen LogP contribution in [0.2, 0.25) is 0 Å². The normalized spacial score (nSPS) is 12.7. The number of hydrogen-bond donors (Lipinski definition) is 0. The van der Waals surface area contributed by atoms with E-state index in [0.717, 1.165) is 38.9 Å². The van der Waals surface area contributed by atoms with E-state index in [1.165, 1.54) is 62.5 Å². The van der Waals surface area contributed by atoms with E-state index in [-0.39, 0.29) is 0 Å². The highest BCUT2D eigenvalue weighted by atomic mass is 32.2. The van der Waals surface area contributed by atoms with Crippen LogP contribution in [0.4, 0.5) is 0 Å². The van der Waals surface area contributed by atoms with E-state index in [2.05, 4.69) is 155 Å². The van der Waals surface area contributed by atoms with Gasteiger partial charge in [0.15, 0.2) is 0 Å². The SMILES string of the molecule is c1ccc(-n2c3ccccc3c3c4sc5ccccc5c4c4c5ccccc5n(-c5nc6c7c(cccc7n5)Sc5ccccc5-6)c4c32)cc1. The number of hydrogen-bond acceptors (Lipinski definition) is 4. The fourth-order valence-electron chi connectivity index (χ4n) is 8.32. The molecule has 0 aliphatic carbocycles. The summed E-state index contributed by atoms with van der Waals surface area (Å²) in [5.41, 5.74) is 8.80. The third-order valence-corrected chi connectivity index (χ3v) is 12.6. The molecule has 4 nitrogen and oxygen atoms in total. The third-order valence-electron chi connectivity index (χ3n) is 10.3. The van der Waals surface area contributed by atoms with Gasteiger partial charge in [-0.1, -0.05) is 109 Å². The fraction of sp³-hybridized carbons (Fsp3) is 0. The van der Waals surface area contributed by atoms with Gasteiger partial charge in [-0.05, 0) is 48.5 Å². The van der Waals surface area contributed by atoms with E-state index >= 15 is 0 Å². The van der Waals surface area contributed by atoms with Gasteiger partial charge < -0.3 is 4.57 Å². The van der Waals surface area contributed by atoms with Crippen molar-refractivity contribution >= 4 is 97.8 Å². The largest absolute Gasteiger partial charge is 0.307 e. The quantitative estimate of drug-likeness (QED) is 0.183. The molecule has 0 spiro atoms. The van der Waals surface area contributed by atoms with Gasteiger partial charge in [-0.15, -0.1) is 11.3 Å². The average Bonchev–Trinajstić information content (AvgIpc) is 3.83. The van der Waals surface area contributed by atoms with Crippen molar-refractivity contribution in [1.82, 2.24) is 19.1 Å². The molecule has 1 aliphatic heterocycles. The molecule has 11 aromatic rings. The van der Waals surface area contributed by atoms with Gasteiger partial charge in [0.25, 0.3) is 0 Å². The minimum absolute atomic E-state index is 0.683. The number of rotatable bonds is 2. The van der Waals surface area contributed by atoms with Crippen molar-refractivity contribution in [2.75, 3.05) is 0 Å². The Labute approximate surface area is 293 Å². The highest BCUT2D eigenvalue weighted by Gasteiger charge is 2.29. The standard InChI is InChI=1S/C44H24N4S2/c1-2-13-25(14-3-1)47-31-20-8-5-16-27(31)38-42(47)41-36(37-28-17-6-10-22-33(28)50-43(37)38)26-15-4-9-21-32(26)48(41)44-45-30-19-12-24-35-39(30)40(46-44)29-18-7-11-23-34(29)49-35/h1-24H. The summed E-state index contributed by atoms with van der Waals surface area (Å²) < 4.78 is 7.41. The summed E-state index contributed by atoms with van der Waals surface area (Å²) in [4.78, 5) is 13.4. The Morgan fingerprint density at radius 2 is 1.12 bits per heavy atom. The second kappa shape index (κ2) is 9.82. The smallest absolute Gasteiger partial charge is 0.235 e. The molecule has 232 valence electrons. The second-order valence-corrected chi connectivity index (χ2v) is 15.0. The van der Waals surface area contributed by atoms with E-state index in [9.17, 15) is 0 Å². The van der Waals surface area contributed by atoms with Crippen LogP contribution in [0.3, 0.4) is 0 Å². The number of benzene rings is 7. The number of nitrogens with zero attached hydrogens (tertiary/aromatic N) is 4. The molecule has 0 radical (unpaired) electrons. The van der Waals surface area contributed by atoms with Crippen LogP contribution in [0.1, 0.15) is 0 Å². The van der Waals surface area contributed by atoms with E-state index in [1.807, 2.05) is 11.3 Å². The Morgan fingerprint density at radius 1 is 0.460 bits per heavy atom. The van der Waals surface area contributed by atoms with Crippen molar-refractivity contribution in [2.45, 2.75) is 9.79 Å². The summed E-state index contributed by atoms with van der Waals surface area (Å²) in [6.45, 7) is 0. The molecule has 4 aromatic heterocycles. The number of para-hydroxylation sites is 3. The molecule has 0 atom stereocenters. The first kappa shape index (κ1) is 26.9. The summed E-state index contributed by atoms with van der Waals surface area (Å²) in [7, 11) is 0. The molecule has 6 heteroatoms. The Morgan fingerprint density at radius 3 is 1.98 bits per heavy atom. The third kappa shape index (κ3) is 3.41. The van der Waals surface area contributed by atoms with Gasteiger partial charge in [-0.3, -0.25) is 4.57 Å². The van der Waals surface area contributed by atoms with E-state index in [0.29, 0.717) is 5.95 Å². The molecule has 50 heavy (non-hydrogen) atoms. The first-order valence-electron chi connectivity index (χ1n) is 16.8. The first-order chi connectivity index (χ1) is 24.8. The Balaban J connectivity index is 1.38. The van der Waals surface area contributed by atoms with E-state index in [4.69, 9.17) is 9.97 Å². The van der Waals surface area contributed by atoms with Crippen molar-refractivity contribution in [3.05, 3.63) is 146 Å². The lowest BCUT2D eigenvalue weighted by atomic mass is 10.0. The van der Waals surface area contributed by atoms with Crippen LogP contribution in [0.25, 0.3) is 97.6 Å². The second-order valence-electron chi connectivity index (χ2n) is 12.9. The Hall–Kier alpha value is -5.95. The van der Waals surface area contributed by atoms with Gasteiger partial charge in [-0.25, -0.2) is 9.97 Å². The maximum absolute atomic E-state index is 5.54. The summed E-state index contributed by atoms with van der Waals surface area (Å²) in [5, 5.41) is 8.65. The zero-order valence-electron chi connectivity index (χ0n) is 26.5. The lowest BCUT2D eigenvalue weighted by molar-refractivity contribution is 1.01. The highest BCUT2D eigenvalue weighted by Crippen LogP contribution is 2.52. The van der Waals surface area contributed by atoms with Crippen molar-refractivity contribution in [3.8, 4) is 22.9 Å². The molecule has 0 fully saturated rings. The van der Waals surface area contributed by atoms with Crippen LogP contribution in [0.15, 0.2) is 155 Å². The number of aromatic nitrogens is 4. The molecule has 12 rings (SSSR count). The Kier molecular flexibility index (Phi) is 5.29. The molecule has 0 saturated heterocycles. The predicted molar refractivity (Wildman–Crippen MR) is 211 cm³/mol. The molecular weight excluding hydrogens is 649 g/mol. The van der Waals surface area contributed by atoms with Gasteiger partial charge in [0.1, 0.15) is 0 Å². The van der Waals surface area contributed by atoms with Gasteiger partial charge in [0, 0.05) is 68.1 Å². The molecule has 7 aromatic carbocycles. The van der Waals surface area contributed by atoms with E-state index < -0.39 is 0 Å². The van der Waals surface area contributed by atoms with Crippen LogP contribution in [0.5, 0.6) is 0 Å². The molecular formula is C44H24N4S2. The number of fused-ring (bicyclic) bond motifs is 14. The summed E-state index contributed by atoms with van der Waals surface area (Å²) in [6, 6.07) is 52.4. The van der Waals surface area contributed by atoms with Crippen LogP contribution >= 0.6 is 23.1 Å². The monoisotopic (exact) mass is 672 g/mol. The topological polar surface area (TPSA) is 35.6 Å². The highest BCUT2D eigenvalue weighted by molar-refractivity contribution is 7.99. The maximum Gasteiger partial charge on any atom is 0.235 e. The van der Waals surface area contributed by atoms with Crippen molar-refractivity contribution in [2.24, 2.45) is 0 Å². The van der Waals surface area contributed by atoms with Crippen LogP contribution in [-0.2, 0) is 0 Å². The molecule has 0 unspecified atom stereocenters. The van der Waals surface area contributed by atoms with Gasteiger partial charge in [0.2, 0.25) is 5.95 Å². The summed E-state index contributed by atoms with van der Waals surface area (Å²) >= 11 is 3.70. The minimum atomic E-state index is 0.683. The molecule has 0 saturated carbocycles. The zero-order chi connectivity index (χ0) is 32.5. The zero-order valence-corrected chi connectivity index (χ0v) is 28.1. The van der Waals surface area contributed by atoms with E-state index in [1.54, 1.807) is 11.8 Å². The van der Waals surface area contributed by atoms with Crippen LogP contribution < -0.4 is 0 Å². The number of thiophene rings is 1. The lowest BCUT2D eigenvalue weighted by Crippen LogP contribution is -2.06. The average molecular weight is 673 g/mol. The van der Waals surface area contributed by atoms with Crippen molar-refractivity contribution in [1.29, 1.82) is 0 Å². The molecule has 0 amide bonds.